The van der Waals surface area contributed by atoms with E-state index in [0.717, 1.165) is 11.3 Å². The van der Waals surface area contributed by atoms with Crippen molar-refractivity contribution >= 4 is 11.7 Å². The Balaban J connectivity index is 2.32. The molecule has 1 rings (SSSR count). The Labute approximate surface area is 95.3 Å². The lowest BCUT2D eigenvalue weighted by atomic mass is 10.2. The number of carbonyl (C=O) groups excluding carboxylic acids is 1. The van der Waals surface area contributed by atoms with Gasteiger partial charge in [-0.1, -0.05) is 12.1 Å². The molecule has 2 N–H and O–H groups in total. The first kappa shape index (κ1) is 12.1. The third kappa shape index (κ3) is 4.47. The lowest BCUT2D eigenvalue weighted by molar-refractivity contribution is 0.252. The van der Waals surface area contributed by atoms with E-state index in [-0.39, 0.29) is 6.03 Å². The van der Waals surface area contributed by atoms with Crippen molar-refractivity contribution in [3.05, 3.63) is 29.8 Å². The molecule has 2 amide bonds. The number of nitrogens with one attached hydrogen (secondary N) is 2. The fourth-order valence-corrected chi connectivity index (χ4v) is 1.27. The molecular formula is C12H15N3O. The first-order chi connectivity index (χ1) is 7.72. The zero-order chi connectivity index (χ0) is 11.8. The van der Waals surface area contributed by atoms with Crippen LogP contribution in [0.2, 0.25) is 0 Å². The molecule has 0 aliphatic rings. The molecular weight excluding hydrogens is 202 g/mol. The van der Waals surface area contributed by atoms with Gasteiger partial charge >= 0.3 is 6.03 Å². The van der Waals surface area contributed by atoms with Gasteiger partial charge < -0.3 is 10.6 Å². The Bertz CT molecular complexity index is 395. The van der Waals surface area contributed by atoms with Gasteiger partial charge in [-0.25, -0.2) is 4.79 Å². The van der Waals surface area contributed by atoms with E-state index in [0.29, 0.717) is 19.4 Å². The van der Waals surface area contributed by atoms with Crippen molar-refractivity contribution in [2.75, 3.05) is 11.9 Å². The van der Waals surface area contributed by atoms with Gasteiger partial charge in [0.05, 0.1) is 6.07 Å². The van der Waals surface area contributed by atoms with Crippen LogP contribution in [0.25, 0.3) is 0 Å². The molecule has 4 heteroatoms. The number of hydrogen-bond acceptors (Lipinski definition) is 2. The summed E-state index contributed by atoms with van der Waals surface area (Å²) in [4.78, 5) is 11.4. The van der Waals surface area contributed by atoms with E-state index < -0.39 is 0 Å². The molecule has 0 bridgehead atoms. The van der Waals surface area contributed by atoms with E-state index in [1.165, 1.54) is 0 Å². The fraction of sp³-hybridized carbons (Fsp3) is 0.333. The van der Waals surface area contributed by atoms with Crippen LogP contribution >= 0.6 is 0 Å². The minimum Gasteiger partial charge on any atom is -0.338 e. The Morgan fingerprint density at radius 2 is 2.31 bits per heavy atom. The number of urea groups is 1. The van der Waals surface area contributed by atoms with E-state index in [9.17, 15) is 4.79 Å². The first-order valence-electron chi connectivity index (χ1n) is 5.21. The average molecular weight is 217 g/mol. The zero-order valence-electron chi connectivity index (χ0n) is 9.29. The van der Waals surface area contributed by atoms with E-state index in [4.69, 9.17) is 5.26 Å². The Kier molecular flexibility index (Phi) is 4.87. The molecule has 4 nitrogen and oxygen atoms in total. The van der Waals surface area contributed by atoms with Crippen LogP contribution in [0, 0.1) is 18.3 Å². The monoisotopic (exact) mass is 217 g/mol. The number of nitriles is 1. The highest BCUT2D eigenvalue weighted by Crippen LogP contribution is 2.08. The summed E-state index contributed by atoms with van der Waals surface area (Å²) >= 11 is 0. The summed E-state index contributed by atoms with van der Waals surface area (Å²) in [5, 5.41) is 13.7. The highest BCUT2D eigenvalue weighted by molar-refractivity contribution is 5.89. The number of hydrogen-bond donors (Lipinski definition) is 2. The molecule has 0 heterocycles. The van der Waals surface area contributed by atoms with Gasteiger partial charge in [-0.3, -0.25) is 0 Å². The standard InChI is InChI=1S/C12H15N3O/c1-10-5-4-6-11(9-10)15-12(16)14-8-3-2-7-13/h4-6,9H,2-3,8H2,1H3,(H2,14,15,16). The normalized spacial score (nSPS) is 9.25. The van der Waals surface area contributed by atoms with E-state index >= 15 is 0 Å². The predicted molar refractivity (Wildman–Crippen MR) is 63.0 cm³/mol. The van der Waals surface area contributed by atoms with Crippen molar-refractivity contribution in [1.82, 2.24) is 5.32 Å². The minimum absolute atomic E-state index is 0.233. The molecule has 0 spiro atoms. The van der Waals surface area contributed by atoms with Gasteiger partial charge in [0.1, 0.15) is 0 Å². The number of benzene rings is 1. The minimum atomic E-state index is -0.233. The number of nitrogens with zero attached hydrogens (tertiary/aromatic N) is 1. The molecule has 0 aliphatic carbocycles. The van der Waals surface area contributed by atoms with Gasteiger partial charge in [-0.2, -0.15) is 5.26 Å². The third-order valence-electron chi connectivity index (χ3n) is 2.03. The number of rotatable bonds is 4. The largest absolute Gasteiger partial charge is 0.338 e. The molecule has 16 heavy (non-hydrogen) atoms. The van der Waals surface area contributed by atoms with Crippen molar-refractivity contribution in [1.29, 1.82) is 5.26 Å². The molecule has 84 valence electrons. The second-order valence-electron chi connectivity index (χ2n) is 3.51. The van der Waals surface area contributed by atoms with Crippen molar-refractivity contribution in [2.24, 2.45) is 0 Å². The van der Waals surface area contributed by atoms with Crippen LogP contribution in [-0.4, -0.2) is 12.6 Å². The third-order valence-corrected chi connectivity index (χ3v) is 2.03. The number of unbranched alkanes of at least 4 members (excludes halogenated alkanes) is 1. The highest BCUT2D eigenvalue weighted by Gasteiger charge is 2.00. The highest BCUT2D eigenvalue weighted by atomic mass is 16.2. The summed E-state index contributed by atoms with van der Waals surface area (Å²) < 4.78 is 0. The second-order valence-corrected chi connectivity index (χ2v) is 3.51. The average Bonchev–Trinajstić information content (AvgIpc) is 2.24. The molecule has 0 aliphatic heterocycles. The summed E-state index contributed by atoms with van der Waals surface area (Å²) in [5.74, 6) is 0. The van der Waals surface area contributed by atoms with Crippen LogP contribution in [0.5, 0.6) is 0 Å². The topological polar surface area (TPSA) is 64.9 Å². The summed E-state index contributed by atoms with van der Waals surface area (Å²) in [5.41, 5.74) is 1.88. The summed E-state index contributed by atoms with van der Waals surface area (Å²) in [6.45, 7) is 2.49. The molecule has 0 radical (unpaired) electrons. The SMILES string of the molecule is Cc1cccc(NC(=O)NCCCC#N)c1. The summed E-state index contributed by atoms with van der Waals surface area (Å²) in [6.07, 6.45) is 1.14. The van der Waals surface area contributed by atoms with Gasteiger partial charge in [0, 0.05) is 18.7 Å². The van der Waals surface area contributed by atoms with Crippen molar-refractivity contribution in [3.8, 4) is 6.07 Å². The van der Waals surface area contributed by atoms with Gasteiger partial charge in [0.25, 0.3) is 0 Å². The van der Waals surface area contributed by atoms with E-state index in [1.54, 1.807) is 0 Å². The Morgan fingerprint density at radius 1 is 1.50 bits per heavy atom. The quantitative estimate of drug-likeness (QED) is 0.761. The molecule has 0 fully saturated rings. The fourth-order valence-electron chi connectivity index (χ4n) is 1.27. The molecule has 0 aromatic heterocycles. The van der Waals surface area contributed by atoms with Crippen LogP contribution in [0.3, 0.4) is 0 Å². The van der Waals surface area contributed by atoms with Crippen LogP contribution in [0.15, 0.2) is 24.3 Å². The van der Waals surface area contributed by atoms with Gasteiger partial charge in [-0.05, 0) is 31.0 Å². The predicted octanol–water partition coefficient (Wildman–Crippen LogP) is 2.42. The summed E-state index contributed by atoms with van der Waals surface area (Å²) in [6, 6.07) is 9.38. The van der Waals surface area contributed by atoms with E-state index in [2.05, 4.69) is 10.6 Å². The lowest BCUT2D eigenvalue weighted by Gasteiger charge is -2.07. The number of amides is 2. The van der Waals surface area contributed by atoms with E-state index in [1.807, 2.05) is 37.3 Å². The summed E-state index contributed by atoms with van der Waals surface area (Å²) in [7, 11) is 0. The maximum absolute atomic E-state index is 11.4. The Hall–Kier alpha value is -2.02. The van der Waals surface area contributed by atoms with Crippen LogP contribution < -0.4 is 10.6 Å². The van der Waals surface area contributed by atoms with Gasteiger partial charge in [0.15, 0.2) is 0 Å². The number of carbonyl (C=O) groups is 1. The molecule has 1 aromatic rings. The van der Waals surface area contributed by atoms with Crippen molar-refractivity contribution in [2.45, 2.75) is 19.8 Å². The zero-order valence-corrected chi connectivity index (χ0v) is 9.29. The van der Waals surface area contributed by atoms with Crippen molar-refractivity contribution in [3.63, 3.8) is 0 Å². The smallest absolute Gasteiger partial charge is 0.319 e. The maximum Gasteiger partial charge on any atom is 0.319 e. The van der Waals surface area contributed by atoms with Gasteiger partial charge in [0.2, 0.25) is 0 Å². The lowest BCUT2D eigenvalue weighted by Crippen LogP contribution is -2.29. The number of anilines is 1. The van der Waals surface area contributed by atoms with Crippen LogP contribution in [-0.2, 0) is 0 Å². The molecule has 1 aromatic carbocycles. The van der Waals surface area contributed by atoms with Crippen molar-refractivity contribution < 1.29 is 4.79 Å². The second kappa shape index (κ2) is 6.46. The number of aryl methyl sites for hydroxylation is 1. The molecule has 0 saturated heterocycles. The molecule has 0 unspecified atom stereocenters. The first-order valence-corrected chi connectivity index (χ1v) is 5.21. The Morgan fingerprint density at radius 3 is 3.00 bits per heavy atom. The molecule has 0 saturated carbocycles. The van der Waals surface area contributed by atoms with Crippen LogP contribution in [0.1, 0.15) is 18.4 Å². The maximum atomic E-state index is 11.4. The molecule has 0 atom stereocenters. The van der Waals surface area contributed by atoms with Gasteiger partial charge in [-0.15, -0.1) is 0 Å². The van der Waals surface area contributed by atoms with Crippen LogP contribution in [0.4, 0.5) is 10.5 Å².